The molecule has 2 aromatic carbocycles. The first kappa shape index (κ1) is 22.9. The average Bonchev–Trinajstić information content (AvgIpc) is 2.83. The highest BCUT2D eigenvalue weighted by Crippen LogP contribution is 2.31. The summed E-state index contributed by atoms with van der Waals surface area (Å²) >= 11 is 0. The minimum absolute atomic E-state index is 0.0788. The Balaban J connectivity index is 1.57. The molecular weight excluding hydrogens is 410 g/mol. The van der Waals surface area contributed by atoms with Gasteiger partial charge in [0.25, 0.3) is 5.56 Å². The van der Waals surface area contributed by atoms with Crippen LogP contribution in [0, 0.1) is 0 Å². The van der Waals surface area contributed by atoms with Gasteiger partial charge in [-0.1, -0.05) is 12.1 Å². The number of methoxy groups -OCH3 is 3. The van der Waals surface area contributed by atoms with Gasteiger partial charge < -0.3 is 19.5 Å². The number of ether oxygens (including phenoxy) is 3. The molecule has 3 aromatic rings. The topological polar surface area (TPSA) is 91.7 Å². The predicted molar refractivity (Wildman–Crippen MR) is 121 cm³/mol. The fourth-order valence-corrected chi connectivity index (χ4v) is 3.18. The molecule has 0 aliphatic carbocycles. The van der Waals surface area contributed by atoms with Gasteiger partial charge in [-0.15, -0.1) is 0 Å². The maximum Gasteiger partial charge on any atom is 0.266 e. The molecule has 0 radical (unpaired) electrons. The van der Waals surface area contributed by atoms with Crippen molar-refractivity contribution in [2.45, 2.75) is 25.9 Å². The number of carbonyl (C=O) groups is 1. The third kappa shape index (κ3) is 5.87. The lowest BCUT2D eigenvalue weighted by Gasteiger charge is -2.11. The molecule has 0 atom stereocenters. The predicted octanol–water partition coefficient (Wildman–Crippen LogP) is 3.03. The van der Waals surface area contributed by atoms with Gasteiger partial charge in [0, 0.05) is 31.1 Å². The van der Waals surface area contributed by atoms with Crippen molar-refractivity contribution in [3.8, 4) is 28.5 Å². The molecule has 0 aliphatic rings. The molecule has 1 heterocycles. The van der Waals surface area contributed by atoms with E-state index in [9.17, 15) is 9.59 Å². The quantitative estimate of drug-likeness (QED) is 0.524. The van der Waals surface area contributed by atoms with E-state index in [4.69, 9.17) is 14.2 Å². The van der Waals surface area contributed by atoms with Crippen molar-refractivity contribution in [1.29, 1.82) is 0 Å². The number of benzene rings is 2. The Kier molecular flexibility index (Phi) is 7.85. The zero-order chi connectivity index (χ0) is 22.9. The third-order valence-electron chi connectivity index (χ3n) is 4.97. The second kappa shape index (κ2) is 11.0. The highest BCUT2D eigenvalue weighted by Gasteiger charge is 2.09. The van der Waals surface area contributed by atoms with E-state index >= 15 is 0 Å². The van der Waals surface area contributed by atoms with E-state index in [2.05, 4.69) is 10.4 Å². The second-order valence-corrected chi connectivity index (χ2v) is 7.08. The Bertz CT molecular complexity index is 1110. The highest BCUT2D eigenvalue weighted by atomic mass is 16.5. The van der Waals surface area contributed by atoms with Crippen LogP contribution in [-0.4, -0.2) is 37.0 Å². The number of aryl methyl sites for hydroxylation is 1. The first-order chi connectivity index (χ1) is 15.5. The standard InChI is InChI=1S/C24H27N3O5/c1-30-19-9-6-17(7-10-19)16-25-23(28)5-4-14-27-24(29)13-11-20(26-27)18-8-12-21(31-2)22(15-18)32-3/h6-13,15H,4-5,14,16H2,1-3H3,(H,25,28). The summed E-state index contributed by atoms with van der Waals surface area (Å²) in [6.45, 7) is 0.783. The highest BCUT2D eigenvalue weighted by molar-refractivity contribution is 5.75. The van der Waals surface area contributed by atoms with Gasteiger partial charge in [0.2, 0.25) is 5.91 Å². The van der Waals surface area contributed by atoms with Crippen molar-refractivity contribution in [3.63, 3.8) is 0 Å². The van der Waals surface area contributed by atoms with E-state index in [1.807, 2.05) is 36.4 Å². The number of nitrogens with one attached hydrogen (secondary N) is 1. The van der Waals surface area contributed by atoms with Gasteiger partial charge in [-0.25, -0.2) is 4.68 Å². The minimum Gasteiger partial charge on any atom is -0.497 e. The van der Waals surface area contributed by atoms with E-state index in [-0.39, 0.29) is 11.5 Å². The number of hydrogen-bond donors (Lipinski definition) is 1. The molecule has 8 nitrogen and oxygen atoms in total. The molecule has 0 bridgehead atoms. The molecule has 1 N–H and O–H groups in total. The van der Waals surface area contributed by atoms with E-state index in [0.717, 1.165) is 16.9 Å². The fraction of sp³-hybridized carbons (Fsp3) is 0.292. The van der Waals surface area contributed by atoms with Crippen LogP contribution in [0.2, 0.25) is 0 Å². The summed E-state index contributed by atoms with van der Waals surface area (Å²) in [5.74, 6) is 1.89. The molecule has 3 rings (SSSR count). The maximum atomic E-state index is 12.2. The van der Waals surface area contributed by atoms with Crippen molar-refractivity contribution < 1.29 is 19.0 Å². The third-order valence-corrected chi connectivity index (χ3v) is 4.97. The van der Waals surface area contributed by atoms with Crippen LogP contribution in [0.4, 0.5) is 0 Å². The molecule has 0 saturated carbocycles. The number of nitrogens with zero attached hydrogens (tertiary/aromatic N) is 2. The van der Waals surface area contributed by atoms with Gasteiger partial charge in [-0.2, -0.15) is 5.10 Å². The minimum atomic E-state index is -0.215. The van der Waals surface area contributed by atoms with Gasteiger partial charge in [-0.3, -0.25) is 9.59 Å². The summed E-state index contributed by atoms with van der Waals surface area (Å²) in [5.41, 5.74) is 2.20. The molecular formula is C24H27N3O5. The van der Waals surface area contributed by atoms with Crippen LogP contribution in [0.5, 0.6) is 17.2 Å². The molecule has 0 unspecified atom stereocenters. The van der Waals surface area contributed by atoms with Crippen LogP contribution in [0.3, 0.4) is 0 Å². The first-order valence-corrected chi connectivity index (χ1v) is 10.2. The van der Waals surface area contributed by atoms with Gasteiger partial charge in [-0.05, 0) is 48.4 Å². The normalized spacial score (nSPS) is 10.5. The van der Waals surface area contributed by atoms with Crippen LogP contribution in [0.25, 0.3) is 11.3 Å². The molecule has 0 fully saturated rings. The Hall–Kier alpha value is -3.81. The van der Waals surface area contributed by atoms with Crippen LogP contribution < -0.4 is 25.1 Å². The smallest absolute Gasteiger partial charge is 0.266 e. The van der Waals surface area contributed by atoms with E-state index in [1.54, 1.807) is 33.5 Å². The van der Waals surface area contributed by atoms with Crippen molar-refractivity contribution in [2.75, 3.05) is 21.3 Å². The Morgan fingerprint density at radius 3 is 2.38 bits per heavy atom. The monoisotopic (exact) mass is 437 g/mol. The van der Waals surface area contributed by atoms with E-state index in [0.29, 0.717) is 43.1 Å². The van der Waals surface area contributed by atoms with E-state index < -0.39 is 0 Å². The van der Waals surface area contributed by atoms with Crippen LogP contribution >= 0.6 is 0 Å². The summed E-state index contributed by atoms with van der Waals surface area (Å²) in [5, 5.41) is 7.33. The lowest BCUT2D eigenvalue weighted by molar-refractivity contribution is -0.121. The lowest BCUT2D eigenvalue weighted by Crippen LogP contribution is -2.25. The number of amides is 1. The van der Waals surface area contributed by atoms with Gasteiger partial charge >= 0.3 is 0 Å². The largest absolute Gasteiger partial charge is 0.497 e. The number of rotatable bonds is 10. The number of carbonyl (C=O) groups excluding carboxylic acids is 1. The molecule has 0 spiro atoms. The van der Waals surface area contributed by atoms with Crippen molar-refractivity contribution in [2.24, 2.45) is 0 Å². The molecule has 0 saturated heterocycles. The molecule has 0 aliphatic heterocycles. The Morgan fingerprint density at radius 1 is 0.938 bits per heavy atom. The zero-order valence-corrected chi connectivity index (χ0v) is 18.5. The van der Waals surface area contributed by atoms with Gasteiger partial charge in [0.15, 0.2) is 11.5 Å². The van der Waals surface area contributed by atoms with Crippen molar-refractivity contribution in [1.82, 2.24) is 15.1 Å². The summed E-state index contributed by atoms with van der Waals surface area (Å²) < 4.78 is 17.1. The van der Waals surface area contributed by atoms with Gasteiger partial charge in [0.05, 0.1) is 27.0 Å². The summed E-state index contributed by atoms with van der Waals surface area (Å²) in [6.07, 6.45) is 0.793. The average molecular weight is 437 g/mol. The first-order valence-electron chi connectivity index (χ1n) is 10.2. The summed E-state index contributed by atoms with van der Waals surface area (Å²) in [4.78, 5) is 24.4. The molecule has 32 heavy (non-hydrogen) atoms. The number of hydrogen-bond acceptors (Lipinski definition) is 6. The zero-order valence-electron chi connectivity index (χ0n) is 18.5. The molecule has 168 valence electrons. The lowest BCUT2D eigenvalue weighted by atomic mass is 10.1. The molecule has 1 aromatic heterocycles. The van der Waals surface area contributed by atoms with Crippen LogP contribution in [0.15, 0.2) is 59.4 Å². The van der Waals surface area contributed by atoms with Crippen LogP contribution in [0.1, 0.15) is 18.4 Å². The van der Waals surface area contributed by atoms with Crippen molar-refractivity contribution in [3.05, 3.63) is 70.5 Å². The fourth-order valence-electron chi connectivity index (χ4n) is 3.18. The second-order valence-electron chi connectivity index (χ2n) is 7.08. The maximum absolute atomic E-state index is 12.2. The summed E-state index contributed by atoms with van der Waals surface area (Å²) in [7, 11) is 4.75. The number of aromatic nitrogens is 2. The SMILES string of the molecule is COc1ccc(CNC(=O)CCCn2nc(-c3ccc(OC)c(OC)c3)ccc2=O)cc1. The van der Waals surface area contributed by atoms with Gasteiger partial charge in [0.1, 0.15) is 5.75 Å². The Morgan fingerprint density at radius 2 is 1.69 bits per heavy atom. The van der Waals surface area contributed by atoms with Crippen LogP contribution in [-0.2, 0) is 17.9 Å². The molecule has 1 amide bonds. The molecule has 8 heteroatoms. The Labute approximate surface area is 186 Å². The van der Waals surface area contributed by atoms with E-state index in [1.165, 1.54) is 10.7 Å². The summed E-state index contributed by atoms with van der Waals surface area (Å²) in [6, 6.07) is 16.1. The van der Waals surface area contributed by atoms with Crippen molar-refractivity contribution >= 4 is 5.91 Å².